The highest BCUT2D eigenvalue weighted by atomic mass is 16.6. The summed E-state index contributed by atoms with van der Waals surface area (Å²) in [5, 5.41) is 2.79. The molecule has 9 nitrogen and oxygen atoms in total. The molecule has 1 fully saturated rings. The largest absolute Gasteiger partial charge is 0.431 e. The Bertz CT molecular complexity index is 923. The molecule has 1 aliphatic rings. The summed E-state index contributed by atoms with van der Waals surface area (Å²) < 4.78 is 5.80. The third-order valence-electron chi connectivity index (χ3n) is 6.65. The quantitative estimate of drug-likeness (QED) is 0.557. The normalized spacial score (nSPS) is 16.9. The first-order chi connectivity index (χ1) is 16.8. The molecule has 1 aromatic rings. The van der Waals surface area contributed by atoms with Crippen LogP contribution < -0.4 is 5.32 Å². The highest BCUT2D eigenvalue weighted by Gasteiger charge is 2.37. The Hall–Kier alpha value is -2.94. The highest BCUT2D eigenvalue weighted by molar-refractivity contribution is 5.92. The van der Waals surface area contributed by atoms with Gasteiger partial charge in [0.05, 0.1) is 6.04 Å². The lowest BCUT2D eigenvalue weighted by atomic mass is 9.97. The number of benzene rings is 1. The molecule has 0 bridgehead atoms. The van der Waals surface area contributed by atoms with Crippen molar-refractivity contribution in [1.82, 2.24) is 20.0 Å². The van der Waals surface area contributed by atoms with E-state index in [0.29, 0.717) is 18.7 Å². The van der Waals surface area contributed by atoms with Crippen molar-refractivity contribution in [3.63, 3.8) is 0 Å². The van der Waals surface area contributed by atoms with Gasteiger partial charge < -0.3 is 19.9 Å². The van der Waals surface area contributed by atoms with Gasteiger partial charge in [0.2, 0.25) is 12.0 Å². The summed E-state index contributed by atoms with van der Waals surface area (Å²) in [6.07, 6.45) is -1.90. The SMILES string of the molecule is CC(=O)[C@@H](NC(=O)[C@H](C(C)C)N(C)C(=O)OC(C(=O)N1CCN(C)CC1)c1ccc(C)cc1)C(C)C. The highest BCUT2D eigenvalue weighted by Crippen LogP contribution is 2.24. The number of carbonyl (C=O) groups is 4. The Kier molecular flexibility index (Phi) is 10.5. The molecule has 200 valence electrons. The minimum Gasteiger partial charge on any atom is -0.431 e. The van der Waals surface area contributed by atoms with Gasteiger partial charge in [0.1, 0.15) is 6.04 Å². The van der Waals surface area contributed by atoms with E-state index in [-0.39, 0.29) is 23.5 Å². The summed E-state index contributed by atoms with van der Waals surface area (Å²) in [6, 6.07) is 5.78. The summed E-state index contributed by atoms with van der Waals surface area (Å²) in [6.45, 7) is 13.3. The van der Waals surface area contributed by atoms with Crippen LogP contribution in [-0.2, 0) is 19.1 Å². The zero-order valence-electron chi connectivity index (χ0n) is 22.9. The van der Waals surface area contributed by atoms with E-state index in [0.717, 1.165) is 18.7 Å². The van der Waals surface area contributed by atoms with Crippen molar-refractivity contribution >= 4 is 23.7 Å². The lowest BCUT2D eigenvalue weighted by Gasteiger charge is -2.36. The van der Waals surface area contributed by atoms with E-state index < -0.39 is 30.2 Å². The Balaban J connectivity index is 2.26. The number of amides is 3. The first-order valence-electron chi connectivity index (χ1n) is 12.6. The van der Waals surface area contributed by atoms with Crippen molar-refractivity contribution in [2.75, 3.05) is 40.3 Å². The molecule has 36 heavy (non-hydrogen) atoms. The van der Waals surface area contributed by atoms with Crippen LogP contribution in [0.3, 0.4) is 0 Å². The van der Waals surface area contributed by atoms with Gasteiger partial charge in [0.15, 0.2) is 5.78 Å². The maximum atomic E-state index is 13.5. The maximum absolute atomic E-state index is 13.5. The molecule has 9 heteroatoms. The molecule has 0 saturated carbocycles. The van der Waals surface area contributed by atoms with Gasteiger partial charge in [-0.15, -0.1) is 0 Å². The zero-order chi connectivity index (χ0) is 27.2. The van der Waals surface area contributed by atoms with Gasteiger partial charge in [-0.05, 0) is 32.7 Å². The predicted octanol–water partition coefficient (Wildman–Crippen LogP) is 2.63. The van der Waals surface area contributed by atoms with Gasteiger partial charge in [-0.2, -0.15) is 0 Å². The molecule has 1 saturated heterocycles. The van der Waals surface area contributed by atoms with E-state index >= 15 is 0 Å². The molecule has 1 unspecified atom stereocenters. The van der Waals surface area contributed by atoms with E-state index in [2.05, 4.69) is 10.2 Å². The first-order valence-corrected chi connectivity index (χ1v) is 12.6. The van der Waals surface area contributed by atoms with Gasteiger partial charge in [0.25, 0.3) is 5.91 Å². The van der Waals surface area contributed by atoms with Crippen LogP contribution in [0.1, 0.15) is 51.8 Å². The van der Waals surface area contributed by atoms with Crippen LogP contribution in [0.2, 0.25) is 0 Å². The third-order valence-corrected chi connectivity index (χ3v) is 6.65. The second kappa shape index (κ2) is 12.9. The van der Waals surface area contributed by atoms with Crippen LogP contribution in [0, 0.1) is 18.8 Å². The molecular weight excluding hydrogens is 460 g/mol. The Morgan fingerprint density at radius 2 is 1.50 bits per heavy atom. The second-order valence-electron chi connectivity index (χ2n) is 10.4. The minimum absolute atomic E-state index is 0.0938. The van der Waals surface area contributed by atoms with Crippen molar-refractivity contribution in [3.05, 3.63) is 35.4 Å². The van der Waals surface area contributed by atoms with Crippen LogP contribution in [0.15, 0.2) is 24.3 Å². The molecule has 0 aromatic heterocycles. The number of hydrogen-bond donors (Lipinski definition) is 1. The molecule has 3 atom stereocenters. The molecule has 1 heterocycles. The van der Waals surface area contributed by atoms with Gasteiger partial charge in [-0.25, -0.2) is 4.79 Å². The number of rotatable bonds is 9. The average Bonchev–Trinajstić information content (AvgIpc) is 2.81. The van der Waals surface area contributed by atoms with Gasteiger partial charge in [-0.1, -0.05) is 57.5 Å². The number of ketones is 1. The molecular formula is C27H42N4O5. The summed E-state index contributed by atoms with van der Waals surface area (Å²) in [5.41, 5.74) is 1.60. The third kappa shape index (κ3) is 7.53. The fraction of sp³-hybridized carbons (Fsp3) is 0.630. The number of likely N-dealkylation sites (N-methyl/N-ethyl adjacent to an activating group) is 2. The molecule has 1 aromatic carbocycles. The molecule has 1 N–H and O–H groups in total. The lowest BCUT2D eigenvalue weighted by molar-refractivity contribution is -0.143. The fourth-order valence-electron chi connectivity index (χ4n) is 4.39. The number of Topliss-reactive ketones (excluding diaryl/α,β-unsaturated/α-hetero) is 1. The van der Waals surface area contributed by atoms with Crippen molar-refractivity contribution < 1.29 is 23.9 Å². The molecule has 1 aliphatic heterocycles. The lowest BCUT2D eigenvalue weighted by Crippen LogP contribution is -2.55. The Morgan fingerprint density at radius 3 is 1.97 bits per heavy atom. The second-order valence-corrected chi connectivity index (χ2v) is 10.4. The summed E-state index contributed by atoms with van der Waals surface area (Å²) in [4.78, 5) is 57.0. The van der Waals surface area contributed by atoms with E-state index in [1.807, 2.05) is 53.8 Å². The van der Waals surface area contributed by atoms with E-state index in [9.17, 15) is 19.2 Å². The van der Waals surface area contributed by atoms with E-state index in [4.69, 9.17) is 4.74 Å². The minimum atomic E-state index is -1.12. The van der Waals surface area contributed by atoms with Crippen molar-refractivity contribution in [2.45, 2.75) is 59.7 Å². The predicted molar refractivity (Wildman–Crippen MR) is 138 cm³/mol. The van der Waals surface area contributed by atoms with Gasteiger partial charge in [0, 0.05) is 38.8 Å². The number of hydrogen-bond acceptors (Lipinski definition) is 6. The van der Waals surface area contributed by atoms with Crippen LogP contribution in [0.25, 0.3) is 0 Å². The number of piperazine rings is 1. The van der Waals surface area contributed by atoms with Crippen molar-refractivity contribution in [1.29, 1.82) is 0 Å². The van der Waals surface area contributed by atoms with Crippen LogP contribution in [-0.4, -0.2) is 90.7 Å². The Labute approximate surface area is 215 Å². The van der Waals surface area contributed by atoms with Gasteiger partial charge in [-0.3, -0.25) is 19.3 Å². The zero-order valence-corrected chi connectivity index (χ0v) is 22.9. The topological polar surface area (TPSA) is 99.3 Å². The molecule has 0 aliphatic carbocycles. The summed E-state index contributed by atoms with van der Waals surface area (Å²) >= 11 is 0. The maximum Gasteiger partial charge on any atom is 0.411 e. The number of carbonyl (C=O) groups excluding carboxylic acids is 4. The van der Waals surface area contributed by atoms with Crippen LogP contribution in [0.4, 0.5) is 4.79 Å². The van der Waals surface area contributed by atoms with Crippen molar-refractivity contribution in [3.8, 4) is 0 Å². The smallest absolute Gasteiger partial charge is 0.411 e. The Morgan fingerprint density at radius 1 is 0.944 bits per heavy atom. The van der Waals surface area contributed by atoms with Crippen molar-refractivity contribution in [2.24, 2.45) is 11.8 Å². The number of ether oxygens (including phenoxy) is 1. The molecule has 2 rings (SSSR count). The first kappa shape index (κ1) is 29.3. The molecule has 0 spiro atoms. The van der Waals surface area contributed by atoms with E-state index in [1.54, 1.807) is 17.0 Å². The summed E-state index contributed by atoms with van der Waals surface area (Å²) in [7, 11) is 3.48. The average molecular weight is 503 g/mol. The summed E-state index contributed by atoms with van der Waals surface area (Å²) in [5.74, 6) is -1.22. The number of aryl methyl sites for hydroxylation is 1. The number of nitrogens with zero attached hydrogens (tertiary/aromatic N) is 3. The standard InChI is InChI=1S/C27H42N4O5/c1-17(2)22(20(6)32)28-25(33)23(18(3)4)30(8)27(35)36-24(21-11-9-19(5)10-12-21)26(34)31-15-13-29(7)14-16-31/h9-12,17-18,22-24H,13-16H2,1-8H3,(H,28,33)/t22-,23-,24?/m0/s1. The number of nitrogens with one attached hydrogen (secondary N) is 1. The van der Waals surface area contributed by atoms with Crippen LogP contribution in [0.5, 0.6) is 0 Å². The molecule has 3 amide bonds. The van der Waals surface area contributed by atoms with Crippen LogP contribution >= 0.6 is 0 Å². The molecule has 0 radical (unpaired) electrons. The fourth-order valence-corrected chi connectivity index (χ4v) is 4.39. The van der Waals surface area contributed by atoms with Gasteiger partial charge >= 0.3 is 6.09 Å². The van der Waals surface area contributed by atoms with E-state index in [1.165, 1.54) is 18.9 Å². The monoisotopic (exact) mass is 502 g/mol.